The summed E-state index contributed by atoms with van der Waals surface area (Å²) in [6, 6.07) is 4.37. The number of rotatable bonds is 3. The Labute approximate surface area is 124 Å². The molecule has 114 valence electrons. The maximum Gasteiger partial charge on any atom is 0.292 e. The maximum atomic E-state index is 12.5. The van der Waals surface area contributed by atoms with Crippen molar-refractivity contribution in [2.24, 2.45) is 11.8 Å². The minimum absolute atomic E-state index is 0.0431. The third-order valence-corrected chi connectivity index (χ3v) is 4.28. The van der Waals surface area contributed by atoms with Gasteiger partial charge < -0.3 is 10.6 Å². The van der Waals surface area contributed by atoms with E-state index in [1.165, 1.54) is 12.1 Å². The number of benzene rings is 1. The Kier molecular flexibility index (Phi) is 4.45. The normalized spacial score (nSPS) is 16.2. The minimum atomic E-state index is -0.558. The summed E-state index contributed by atoms with van der Waals surface area (Å²) >= 11 is 0. The Balaban J connectivity index is 2.15. The van der Waals surface area contributed by atoms with E-state index in [4.69, 9.17) is 5.73 Å². The molecule has 1 aromatic rings. The first kappa shape index (κ1) is 15.3. The van der Waals surface area contributed by atoms with Gasteiger partial charge in [0.25, 0.3) is 11.6 Å². The lowest BCUT2D eigenvalue weighted by atomic mass is 9.86. The van der Waals surface area contributed by atoms with Gasteiger partial charge in [0, 0.05) is 19.2 Å². The van der Waals surface area contributed by atoms with Crippen molar-refractivity contribution in [2.75, 3.05) is 18.8 Å². The van der Waals surface area contributed by atoms with Gasteiger partial charge in [0.1, 0.15) is 5.69 Å². The first-order valence-corrected chi connectivity index (χ1v) is 7.24. The van der Waals surface area contributed by atoms with Crippen molar-refractivity contribution >= 4 is 17.3 Å². The number of nitrogens with two attached hydrogens (primary N) is 1. The molecule has 0 spiro atoms. The quantitative estimate of drug-likeness (QED) is 0.526. The van der Waals surface area contributed by atoms with E-state index in [2.05, 4.69) is 13.8 Å². The van der Waals surface area contributed by atoms with Crippen LogP contribution in [0.5, 0.6) is 0 Å². The van der Waals surface area contributed by atoms with Crippen LogP contribution in [-0.4, -0.2) is 28.8 Å². The van der Waals surface area contributed by atoms with Crippen molar-refractivity contribution in [3.63, 3.8) is 0 Å². The van der Waals surface area contributed by atoms with Crippen LogP contribution in [0.4, 0.5) is 11.4 Å². The summed E-state index contributed by atoms with van der Waals surface area (Å²) in [5, 5.41) is 10.9. The van der Waals surface area contributed by atoms with Crippen LogP contribution in [0.25, 0.3) is 0 Å². The molecule has 1 saturated heterocycles. The molecule has 0 saturated carbocycles. The zero-order valence-corrected chi connectivity index (χ0v) is 12.4. The number of nitro benzene ring substituents is 1. The number of nitrogens with zero attached hydrogens (tertiary/aromatic N) is 2. The predicted molar refractivity (Wildman–Crippen MR) is 81.0 cm³/mol. The van der Waals surface area contributed by atoms with Gasteiger partial charge in [-0.3, -0.25) is 14.9 Å². The molecule has 0 radical (unpaired) electrons. The van der Waals surface area contributed by atoms with Crippen LogP contribution in [0.2, 0.25) is 0 Å². The maximum absolute atomic E-state index is 12.5. The second kappa shape index (κ2) is 6.11. The fourth-order valence-electron chi connectivity index (χ4n) is 2.84. The smallest absolute Gasteiger partial charge is 0.292 e. The largest absolute Gasteiger partial charge is 0.393 e. The van der Waals surface area contributed by atoms with Crippen LogP contribution in [0.3, 0.4) is 0 Å². The highest BCUT2D eigenvalue weighted by molar-refractivity contribution is 6.01. The van der Waals surface area contributed by atoms with Gasteiger partial charge in [-0.15, -0.1) is 0 Å². The molecule has 6 nitrogen and oxygen atoms in total. The van der Waals surface area contributed by atoms with Crippen molar-refractivity contribution in [3.8, 4) is 0 Å². The van der Waals surface area contributed by atoms with Crippen LogP contribution >= 0.6 is 0 Å². The lowest BCUT2D eigenvalue weighted by Crippen LogP contribution is -2.39. The molecule has 0 bridgehead atoms. The number of hydrogen-bond donors (Lipinski definition) is 1. The van der Waals surface area contributed by atoms with Crippen LogP contribution in [0, 0.1) is 22.0 Å². The molecular formula is C15H21N3O3. The summed E-state index contributed by atoms with van der Waals surface area (Å²) < 4.78 is 0. The second-order valence-electron chi connectivity index (χ2n) is 5.87. The summed E-state index contributed by atoms with van der Waals surface area (Å²) in [5.74, 6) is 1.04. The summed E-state index contributed by atoms with van der Waals surface area (Å²) in [6.45, 7) is 5.76. The van der Waals surface area contributed by atoms with Crippen molar-refractivity contribution in [1.29, 1.82) is 0 Å². The van der Waals surface area contributed by atoms with Gasteiger partial charge in [-0.2, -0.15) is 0 Å². The van der Waals surface area contributed by atoms with Crippen molar-refractivity contribution < 1.29 is 9.72 Å². The lowest BCUT2D eigenvalue weighted by molar-refractivity contribution is -0.383. The van der Waals surface area contributed by atoms with E-state index in [9.17, 15) is 14.9 Å². The molecule has 2 rings (SSSR count). The zero-order chi connectivity index (χ0) is 15.6. The molecule has 0 aliphatic carbocycles. The van der Waals surface area contributed by atoms with E-state index >= 15 is 0 Å². The lowest BCUT2D eigenvalue weighted by Gasteiger charge is -2.34. The monoisotopic (exact) mass is 291 g/mol. The molecule has 0 unspecified atom stereocenters. The fourth-order valence-corrected chi connectivity index (χ4v) is 2.84. The molecule has 1 amide bonds. The van der Waals surface area contributed by atoms with E-state index in [-0.39, 0.29) is 22.8 Å². The SMILES string of the molecule is CC(C)C1CCN(C(=O)c2cccc([N+](=O)[O-])c2N)CC1. The highest BCUT2D eigenvalue weighted by Gasteiger charge is 2.27. The molecule has 2 N–H and O–H groups in total. The Bertz CT molecular complexity index is 549. The Morgan fingerprint density at radius 3 is 2.52 bits per heavy atom. The van der Waals surface area contributed by atoms with Gasteiger partial charge >= 0.3 is 0 Å². The van der Waals surface area contributed by atoms with E-state index < -0.39 is 4.92 Å². The van der Waals surface area contributed by atoms with Crippen molar-refractivity contribution in [1.82, 2.24) is 4.90 Å². The molecule has 6 heteroatoms. The first-order chi connectivity index (χ1) is 9.91. The Morgan fingerprint density at radius 2 is 2.00 bits per heavy atom. The average Bonchev–Trinajstić information content (AvgIpc) is 2.46. The molecular weight excluding hydrogens is 270 g/mol. The number of piperidine rings is 1. The van der Waals surface area contributed by atoms with E-state index in [0.29, 0.717) is 24.9 Å². The van der Waals surface area contributed by atoms with E-state index in [0.717, 1.165) is 12.8 Å². The number of carbonyl (C=O) groups excluding carboxylic acids is 1. The van der Waals surface area contributed by atoms with Gasteiger partial charge in [-0.25, -0.2) is 0 Å². The summed E-state index contributed by atoms with van der Waals surface area (Å²) in [5.41, 5.74) is 5.75. The highest BCUT2D eigenvalue weighted by Crippen LogP contribution is 2.29. The molecule has 1 aromatic carbocycles. The van der Waals surface area contributed by atoms with Crippen molar-refractivity contribution in [3.05, 3.63) is 33.9 Å². The first-order valence-electron chi connectivity index (χ1n) is 7.24. The van der Waals surface area contributed by atoms with E-state index in [1.54, 1.807) is 11.0 Å². The molecule has 1 aliphatic rings. The van der Waals surface area contributed by atoms with Gasteiger partial charge in [0.15, 0.2) is 0 Å². The van der Waals surface area contributed by atoms with Crippen LogP contribution in [-0.2, 0) is 0 Å². The van der Waals surface area contributed by atoms with Gasteiger partial charge in [0.05, 0.1) is 10.5 Å². The molecule has 1 heterocycles. The number of likely N-dealkylation sites (tertiary alicyclic amines) is 1. The number of carbonyl (C=O) groups is 1. The topological polar surface area (TPSA) is 89.5 Å². The van der Waals surface area contributed by atoms with Crippen LogP contribution in [0.15, 0.2) is 18.2 Å². The predicted octanol–water partition coefficient (Wildman–Crippen LogP) is 2.69. The fraction of sp³-hybridized carbons (Fsp3) is 0.533. The standard InChI is InChI=1S/C15H21N3O3/c1-10(2)11-6-8-17(9-7-11)15(19)12-4-3-5-13(14(12)16)18(20)21/h3-5,10-11H,6-9,16H2,1-2H3. The number of nitrogen functional groups attached to an aromatic ring is 1. The van der Waals surface area contributed by atoms with Crippen LogP contribution in [0.1, 0.15) is 37.0 Å². The minimum Gasteiger partial charge on any atom is -0.393 e. The number of anilines is 1. The molecule has 0 aromatic heterocycles. The van der Waals surface area contributed by atoms with Crippen LogP contribution < -0.4 is 5.73 Å². The third kappa shape index (κ3) is 3.15. The number of nitro groups is 1. The number of amides is 1. The molecule has 0 atom stereocenters. The number of hydrogen-bond acceptors (Lipinski definition) is 4. The summed E-state index contributed by atoms with van der Waals surface area (Å²) in [6.07, 6.45) is 1.94. The molecule has 21 heavy (non-hydrogen) atoms. The van der Waals surface area contributed by atoms with E-state index in [1.807, 2.05) is 0 Å². The summed E-state index contributed by atoms with van der Waals surface area (Å²) in [7, 11) is 0. The molecule has 1 aliphatic heterocycles. The molecule has 1 fully saturated rings. The highest BCUT2D eigenvalue weighted by atomic mass is 16.6. The third-order valence-electron chi connectivity index (χ3n) is 4.28. The van der Waals surface area contributed by atoms with Gasteiger partial charge in [-0.1, -0.05) is 19.9 Å². The Morgan fingerprint density at radius 1 is 1.38 bits per heavy atom. The summed E-state index contributed by atoms with van der Waals surface area (Å²) in [4.78, 5) is 24.6. The number of para-hydroxylation sites is 1. The van der Waals surface area contributed by atoms with Gasteiger partial charge in [-0.05, 0) is 30.7 Å². The second-order valence-corrected chi connectivity index (χ2v) is 5.87. The van der Waals surface area contributed by atoms with Gasteiger partial charge in [0.2, 0.25) is 0 Å². The average molecular weight is 291 g/mol. The van der Waals surface area contributed by atoms with Crippen molar-refractivity contribution in [2.45, 2.75) is 26.7 Å². The zero-order valence-electron chi connectivity index (χ0n) is 12.4. The Hall–Kier alpha value is -2.11.